The van der Waals surface area contributed by atoms with Crippen molar-refractivity contribution in [2.45, 2.75) is 20.3 Å². The number of aliphatic hydroxyl groups excluding tert-OH is 1. The van der Waals surface area contributed by atoms with Crippen molar-refractivity contribution in [3.63, 3.8) is 0 Å². The molecule has 116 valence electrons. The number of β-amino-alcohol motifs (C(OH)–C–C–N with tert-alkyl or cyclic N) is 1. The van der Waals surface area contributed by atoms with E-state index in [1.807, 2.05) is 36.9 Å². The lowest BCUT2D eigenvalue weighted by molar-refractivity contribution is -0.142. The molecule has 1 aromatic carbocycles. The smallest absolute Gasteiger partial charge is 0.228 e. The summed E-state index contributed by atoms with van der Waals surface area (Å²) in [5, 5.41) is 8.96. The summed E-state index contributed by atoms with van der Waals surface area (Å²) in [6.07, 6.45) is 0.767. The van der Waals surface area contributed by atoms with Gasteiger partial charge in [-0.05, 0) is 12.0 Å². The highest BCUT2D eigenvalue weighted by Crippen LogP contribution is 2.25. The van der Waals surface area contributed by atoms with E-state index in [9.17, 15) is 4.79 Å². The second-order valence-corrected chi connectivity index (χ2v) is 6.40. The highest BCUT2D eigenvalue weighted by molar-refractivity contribution is 5.82. The summed E-state index contributed by atoms with van der Waals surface area (Å²) in [6.45, 7) is 8.18. The molecule has 4 nitrogen and oxygen atoms in total. The van der Waals surface area contributed by atoms with Crippen LogP contribution in [0.15, 0.2) is 30.3 Å². The molecule has 1 aliphatic rings. The molecule has 0 unspecified atom stereocenters. The number of piperazine rings is 1. The number of carbonyl (C=O) groups is 1. The van der Waals surface area contributed by atoms with Crippen molar-refractivity contribution in [1.29, 1.82) is 0 Å². The summed E-state index contributed by atoms with van der Waals surface area (Å²) >= 11 is 0. The summed E-state index contributed by atoms with van der Waals surface area (Å²) in [6, 6.07) is 10.2. The van der Waals surface area contributed by atoms with Crippen molar-refractivity contribution >= 4 is 5.91 Å². The van der Waals surface area contributed by atoms with Crippen molar-refractivity contribution in [3.8, 4) is 0 Å². The molecule has 0 bridgehead atoms. The van der Waals surface area contributed by atoms with Gasteiger partial charge in [0.15, 0.2) is 0 Å². The van der Waals surface area contributed by atoms with Crippen LogP contribution in [0.4, 0.5) is 0 Å². The summed E-state index contributed by atoms with van der Waals surface area (Å²) in [7, 11) is 0. The first-order chi connectivity index (χ1) is 10.0. The van der Waals surface area contributed by atoms with E-state index < -0.39 is 0 Å². The van der Waals surface area contributed by atoms with Gasteiger partial charge in [-0.1, -0.05) is 44.2 Å². The summed E-state index contributed by atoms with van der Waals surface area (Å²) in [5.41, 5.74) is 0.829. The number of nitrogens with zero attached hydrogens (tertiary/aromatic N) is 2. The van der Waals surface area contributed by atoms with Crippen LogP contribution in [0.3, 0.4) is 0 Å². The number of amides is 1. The molecule has 1 fully saturated rings. The molecule has 0 saturated carbocycles. The van der Waals surface area contributed by atoms with Crippen molar-refractivity contribution in [1.82, 2.24) is 9.80 Å². The maximum absolute atomic E-state index is 12.7. The first-order valence-corrected chi connectivity index (χ1v) is 7.69. The predicted molar refractivity (Wildman–Crippen MR) is 84.0 cm³/mol. The quantitative estimate of drug-likeness (QED) is 0.891. The maximum Gasteiger partial charge on any atom is 0.228 e. The Labute approximate surface area is 127 Å². The Morgan fingerprint density at radius 3 is 2.33 bits per heavy atom. The van der Waals surface area contributed by atoms with Crippen LogP contribution in [-0.4, -0.2) is 60.1 Å². The molecule has 0 aliphatic carbocycles. The van der Waals surface area contributed by atoms with Crippen LogP contribution < -0.4 is 0 Å². The van der Waals surface area contributed by atoms with Crippen molar-refractivity contribution in [3.05, 3.63) is 35.9 Å². The van der Waals surface area contributed by atoms with E-state index in [4.69, 9.17) is 5.11 Å². The van der Waals surface area contributed by atoms with E-state index in [-0.39, 0.29) is 17.9 Å². The molecule has 2 rings (SSSR count). The van der Waals surface area contributed by atoms with E-state index in [1.54, 1.807) is 0 Å². The molecule has 1 heterocycles. The fourth-order valence-corrected chi connectivity index (χ4v) is 2.93. The average molecular weight is 290 g/mol. The molecule has 1 aliphatic heterocycles. The first-order valence-electron chi connectivity index (χ1n) is 7.69. The van der Waals surface area contributed by atoms with Crippen LogP contribution in [0.25, 0.3) is 0 Å². The van der Waals surface area contributed by atoms with Crippen LogP contribution in [0.1, 0.15) is 19.4 Å². The van der Waals surface area contributed by atoms with Crippen LogP contribution >= 0.6 is 0 Å². The van der Waals surface area contributed by atoms with Gasteiger partial charge in [0, 0.05) is 38.1 Å². The minimum atomic E-state index is -0.375. The van der Waals surface area contributed by atoms with Gasteiger partial charge < -0.3 is 10.0 Å². The molecular weight excluding hydrogens is 264 g/mol. The third-order valence-corrected chi connectivity index (χ3v) is 4.14. The Morgan fingerprint density at radius 1 is 1.14 bits per heavy atom. The molecule has 21 heavy (non-hydrogen) atoms. The number of carbonyl (C=O) groups excluding carboxylic acids is 1. The Hall–Kier alpha value is -1.39. The number of rotatable bonds is 5. The molecule has 1 N–H and O–H groups in total. The second kappa shape index (κ2) is 7.05. The van der Waals surface area contributed by atoms with E-state index in [2.05, 4.69) is 17.0 Å². The van der Waals surface area contributed by atoms with E-state index in [0.29, 0.717) is 6.54 Å². The third kappa shape index (κ3) is 4.29. The lowest BCUT2D eigenvalue weighted by Gasteiger charge is -2.38. The third-order valence-electron chi connectivity index (χ3n) is 4.14. The average Bonchev–Trinajstić information content (AvgIpc) is 2.48. The molecular formula is C17H26N2O2. The van der Waals surface area contributed by atoms with Crippen LogP contribution in [0.5, 0.6) is 0 Å². The number of benzene rings is 1. The van der Waals surface area contributed by atoms with Crippen LogP contribution in [0.2, 0.25) is 0 Å². The zero-order valence-electron chi connectivity index (χ0n) is 13.1. The summed E-state index contributed by atoms with van der Waals surface area (Å²) in [5.74, 6) is 0.231. The molecule has 0 atom stereocenters. The van der Waals surface area contributed by atoms with E-state index >= 15 is 0 Å². The normalized spacial score (nSPS) is 17.0. The maximum atomic E-state index is 12.7. The van der Waals surface area contributed by atoms with Gasteiger partial charge in [-0.2, -0.15) is 0 Å². The number of hydrogen-bond donors (Lipinski definition) is 1. The first kappa shape index (κ1) is 16.0. The van der Waals surface area contributed by atoms with Gasteiger partial charge in [0.05, 0.1) is 6.61 Å². The van der Waals surface area contributed by atoms with Gasteiger partial charge in [0.25, 0.3) is 0 Å². The largest absolute Gasteiger partial charge is 0.395 e. The Bertz CT molecular complexity index is 451. The van der Waals surface area contributed by atoms with Gasteiger partial charge in [0.2, 0.25) is 5.91 Å². The minimum Gasteiger partial charge on any atom is -0.395 e. The monoisotopic (exact) mass is 290 g/mol. The fourth-order valence-electron chi connectivity index (χ4n) is 2.93. The standard InChI is InChI=1S/C17H26N2O2/c1-17(2,14-15-6-4-3-5-7-15)16(21)19-10-8-18(9-11-19)12-13-20/h3-7,20H,8-14H2,1-2H3. The molecule has 1 aromatic rings. The highest BCUT2D eigenvalue weighted by atomic mass is 16.3. The van der Waals surface area contributed by atoms with Crippen molar-refractivity contribution in [2.75, 3.05) is 39.3 Å². The minimum absolute atomic E-state index is 0.188. The van der Waals surface area contributed by atoms with E-state index in [1.165, 1.54) is 5.56 Å². The zero-order valence-corrected chi connectivity index (χ0v) is 13.1. The van der Waals surface area contributed by atoms with Gasteiger partial charge in [-0.3, -0.25) is 9.69 Å². The van der Waals surface area contributed by atoms with Gasteiger partial charge in [0.1, 0.15) is 0 Å². The van der Waals surface area contributed by atoms with Gasteiger partial charge in [-0.25, -0.2) is 0 Å². The SMILES string of the molecule is CC(C)(Cc1ccccc1)C(=O)N1CCN(CCO)CC1. The summed E-state index contributed by atoms with van der Waals surface area (Å²) < 4.78 is 0. The second-order valence-electron chi connectivity index (χ2n) is 6.40. The zero-order chi connectivity index (χ0) is 15.3. The van der Waals surface area contributed by atoms with Crippen LogP contribution in [0, 0.1) is 5.41 Å². The van der Waals surface area contributed by atoms with Crippen molar-refractivity contribution in [2.24, 2.45) is 5.41 Å². The molecule has 0 aromatic heterocycles. The van der Waals surface area contributed by atoms with Crippen molar-refractivity contribution < 1.29 is 9.90 Å². The topological polar surface area (TPSA) is 43.8 Å². The van der Waals surface area contributed by atoms with Gasteiger partial charge in [-0.15, -0.1) is 0 Å². The highest BCUT2D eigenvalue weighted by Gasteiger charge is 2.33. The van der Waals surface area contributed by atoms with Gasteiger partial charge >= 0.3 is 0 Å². The molecule has 1 amide bonds. The molecule has 0 spiro atoms. The van der Waals surface area contributed by atoms with E-state index in [0.717, 1.165) is 32.6 Å². The van der Waals surface area contributed by atoms with Crippen LogP contribution in [-0.2, 0) is 11.2 Å². The lowest BCUT2D eigenvalue weighted by Crippen LogP contribution is -2.52. The fraction of sp³-hybridized carbons (Fsp3) is 0.588. The Kier molecular flexibility index (Phi) is 5.37. The molecule has 4 heteroatoms. The lowest BCUT2D eigenvalue weighted by atomic mass is 9.84. The Balaban J connectivity index is 1.93. The molecule has 0 radical (unpaired) electrons. The Morgan fingerprint density at radius 2 is 1.76 bits per heavy atom. The number of hydrogen-bond acceptors (Lipinski definition) is 3. The molecule has 1 saturated heterocycles. The predicted octanol–water partition coefficient (Wildman–Crippen LogP) is 1.39. The summed E-state index contributed by atoms with van der Waals surface area (Å²) in [4.78, 5) is 16.9. The number of aliphatic hydroxyl groups is 1.